The molecular formula is C12H14Cl3NO3. The third-order valence-electron chi connectivity index (χ3n) is 2.93. The molecule has 0 spiro atoms. The number of ether oxygens (including phenoxy) is 1. The molecule has 0 saturated carbocycles. The zero-order valence-electron chi connectivity index (χ0n) is 10.2. The maximum atomic E-state index is 12.0. The first-order valence-electron chi connectivity index (χ1n) is 5.70. The summed E-state index contributed by atoms with van der Waals surface area (Å²) in [7, 11) is 0. The largest absolute Gasteiger partial charge is 0.457 e. The van der Waals surface area contributed by atoms with Crippen LogP contribution in [-0.4, -0.2) is 18.0 Å². The van der Waals surface area contributed by atoms with Crippen molar-refractivity contribution in [2.75, 3.05) is 0 Å². The van der Waals surface area contributed by atoms with Gasteiger partial charge in [0.1, 0.15) is 10.6 Å². The molecule has 1 amide bonds. The smallest absolute Gasteiger partial charge is 0.310 e. The fourth-order valence-electron chi connectivity index (χ4n) is 1.86. The fraction of sp³-hybridized carbons (Fsp3) is 0.500. The molecule has 1 aliphatic carbocycles. The van der Waals surface area contributed by atoms with Gasteiger partial charge in [0.05, 0.1) is 16.9 Å². The highest BCUT2D eigenvalue weighted by atomic mass is 35.5. The van der Waals surface area contributed by atoms with Gasteiger partial charge in [0, 0.05) is 0 Å². The van der Waals surface area contributed by atoms with E-state index >= 15 is 0 Å². The maximum absolute atomic E-state index is 12.0. The van der Waals surface area contributed by atoms with Crippen molar-refractivity contribution in [3.05, 3.63) is 21.7 Å². The van der Waals surface area contributed by atoms with Crippen molar-refractivity contribution >= 4 is 46.7 Å². The van der Waals surface area contributed by atoms with Gasteiger partial charge in [-0.05, 0) is 19.8 Å². The molecule has 7 heteroatoms. The Kier molecular flexibility index (Phi) is 6.17. The third-order valence-corrected chi connectivity index (χ3v) is 4.03. The summed E-state index contributed by atoms with van der Waals surface area (Å²) in [6.45, 7) is 1.54. The van der Waals surface area contributed by atoms with Crippen LogP contribution in [0.2, 0.25) is 0 Å². The normalized spacial score (nSPS) is 23.6. The molecule has 0 aromatic heterocycles. The summed E-state index contributed by atoms with van der Waals surface area (Å²) in [5, 5.41) is 0.0404. The molecule has 4 nitrogen and oxygen atoms in total. The second kappa shape index (κ2) is 7.17. The molecule has 0 fully saturated rings. The van der Waals surface area contributed by atoms with Crippen LogP contribution in [0.25, 0.3) is 0 Å². The van der Waals surface area contributed by atoms with Gasteiger partial charge in [-0.25, -0.2) is 0 Å². The Morgan fingerprint density at radius 1 is 1.21 bits per heavy atom. The number of nitrogens with two attached hydrogens (primary N) is 1. The Labute approximate surface area is 126 Å². The van der Waals surface area contributed by atoms with Crippen molar-refractivity contribution in [2.24, 2.45) is 17.6 Å². The van der Waals surface area contributed by atoms with E-state index in [9.17, 15) is 9.59 Å². The molecule has 2 N–H and O–H groups in total. The predicted octanol–water partition coefficient (Wildman–Crippen LogP) is 2.87. The highest BCUT2D eigenvalue weighted by Crippen LogP contribution is 2.29. The number of hydrogen-bond acceptors (Lipinski definition) is 3. The van der Waals surface area contributed by atoms with Crippen molar-refractivity contribution in [1.82, 2.24) is 0 Å². The first-order chi connectivity index (χ1) is 8.84. The summed E-state index contributed by atoms with van der Waals surface area (Å²) < 4.78 is 5.00. The third kappa shape index (κ3) is 4.41. The van der Waals surface area contributed by atoms with E-state index in [0.29, 0.717) is 12.8 Å². The van der Waals surface area contributed by atoms with E-state index in [2.05, 4.69) is 0 Å². The number of allylic oxidation sites excluding steroid dienone is 2. The van der Waals surface area contributed by atoms with Crippen LogP contribution in [-0.2, 0) is 14.3 Å². The van der Waals surface area contributed by atoms with Gasteiger partial charge in [-0.3, -0.25) is 9.59 Å². The number of hydrogen-bond donors (Lipinski definition) is 1. The van der Waals surface area contributed by atoms with Crippen molar-refractivity contribution in [3.63, 3.8) is 0 Å². The molecule has 3 atom stereocenters. The Hall–Kier alpha value is -0.710. The lowest BCUT2D eigenvalue weighted by molar-refractivity contribution is -0.155. The monoisotopic (exact) mass is 325 g/mol. The number of rotatable bonds is 4. The lowest BCUT2D eigenvalue weighted by Gasteiger charge is -2.25. The van der Waals surface area contributed by atoms with Crippen LogP contribution in [0.4, 0.5) is 0 Å². The number of carbonyl (C=O) groups excluding carboxylic acids is 2. The predicted molar refractivity (Wildman–Crippen MR) is 74.7 cm³/mol. The van der Waals surface area contributed by atoms with Crippen LogP contribution in [0.3, 0.4) is 0 Å². The van der Waals surface area contributed by atoms with Gasteiger partial charge in [-0.15, -0.1) is 0 Å². The minimum atomic E-state index is -0.765. The Bertz CT molecular complexity index is 430. The lowest BCUT2D eigenvalue weighted by Crippen LogP contribution is -2.37. The molecular weight excluding hydrogens is 312 g/mol. The highest BCUT2D eigenvalue weighted by Gasteiger charge is 2.34. The minimum Gasteiger partial charge on any atom is -0.457 e. The van der Waals surface area contributed by atoms with Crippen LogP contribution in [0, 0.1) is 11.8 Å². The van der Waals surface area contributed by atoms with Crippen LogP contribution < -0.4 is 5.73 Å². The molecule has 0 radical (unpaired) electrons. The zero-order chi connectivity index (χ0) is 14.6. The average molecular weight is 327 g/mol. The van der Waals surface area contributed by atoms with Crippen LogP contribution in [0.15, 0.2) is 21.7 Å². The number of carbonyl (C=O) groups is 2. The average Bonchev–Trinajstić information content (AvgIpc) is 2.37. The van der Waals surface area contributed by atoms with Crippen molar-refractivity contribution in [3.8, 4) is 0 Å². The van der Waals surface area contributed by atoms with Gasteiger partial charge in [0.2, 0.25) is 5.91 Å². The van der Waals surface area contributed by atoms with E-state index in [1.807, 2.05) is 12.2 Å². The van der Waals surface area contributed by atoms with Gasteiger partial charge < -0.3 is 10.5 Å². The summed E-state index contributed by atoms with van der Waals surface area (Å²) in [5.41, 5.74) is 5.28. The highest BCUT2D eigenvalue weighted by molar-refractivity contribution is 6.59. The van der Waals surface area contributed by atoms with Gasteiger partial charge >= 0.3 is 5.97 Å². The first kappa shape index (κ1) is 16.3. The molecule has 106 valence electrons. The van der Waals surface area contributed by atoms with E-state index < -0.39 is 29.8 Å². The Morgan fingerprint density at radius 3 is 2.21 bits per heavy atom. The van der Waals surface area contributed by atoms with Crippen molar-refractivity contribution in [1.29, 1.82) is 0 Å². The number of primary amides is 1. The van der Waals surface area contributed by atoms with Crippen molar-refractivity contribution < 1.29 is 14.3 Å². The maximum Gasteiger partial charge on any atom is 0.310 e. The zero-order valence-corrected chi connectivity index (χ0v) is 12.5. The minimum absolute atomic E-state index is 0.0404. The summed E-state index contributed by atoms with van der Waals surface area (Å²) in [6, 6.07) is 0. The summed E-state index contributed by atoms with van der Waals surface area (Å²) >= 11 is 16.8. The Morgan fingerprint density at radius 2 is 1.74 bits per heavy atom. The molecule has 0 aliphatic heterocycles. The fourth-order valence-corrected chi connectivity index (χ4v) is 2.21. The van der Waals surface area contributed by atoms with E-state index in [4.69, 9.17) is 45.3 Å². The first-order valence-corrected chi connectivity index (χ1v) is 6.83. The molecule has 0 heterocycles. The number of halogens is 3. The van der Waals surface area contributed by atoms with E-state index in [1.54, 1.807) is 6.92 Å². The molecule has 19 heavy (non-hydrogen) atoms. The molecule has 0 saturated heterocycles. The molecule has 0 bridgehead atoms. The molecule has 0 aromatic carbocycles. The van der Waals surface area contributed by atoms with Gasteiger partial charge in [0.25, 0.3) is 0 Å². The summed E-state index contributed by atoms with van der Waals surface area (Å²) in [4.78, 5) is 23.3. The topological polar surface area (TPSA) is 69.4 Å². The van der Waals surface area contributed by atoms with Gasteiger partial charge in [0.15, 0.2) is 0 Å². The molecule has 1 rings (SSSR count). The van der Waals surface area contributed by atoms with Crippen LogP contribution in [0.1, 0.15) is 19.8 Å². The second-order valence-electron chi connectivity index (χ2n) is 4.25. The second-order valence-corrected chi connectivity index (χ2v) is 5.60. The number of esters is 1. The lowest BCUT2D eigenvalue weighted by atomic mass is 9.82. The van der Waals surface area contributed by atoms with Crippen LogP contribution in [0.5, 0.6) is 0 Å². The van der Waals surface area contributed by atoms with Crippen molar-refractivity contribution in [2.45, 2.75) is 25.9 Å². The quantitative estimate of drug-likeness (QED) is 0.638. The molecule has 1 aliphatic rings. The van der Waals surface area contributed by atoms with Gasteiger partial charge in [-0.1, -0.05) is 47.0 Å². The standard InChI is InChI=1S/C12H14Cl3NO3/c1-6(9(13)10(14)15)19-12(18)8-5-3-2-4-7(8)11(16)17/h2-3,6-8H,4-5H2,1H3,(H2,16,17)/t6-,7+,8-/m0/s1. The molecule has 0 unspecified atom stereocenters. The Balaban J connectivity index is 2.74. The van der Waals surface area contributed by atoms with E-state index in [0.717, 1.165) is 0 Å². The number of amides is 1. The van der Waals surface area contributed by atoms with E-state index in [-0.39, 0.29) is 9.52 Å². The summed E-state index contributed by atoms with van der Waals surface area (Å²) in [5.74, 6) is -2.20. The summed E-state index contributed by atoms with van der Waals surface area (Å²) in [6.07, 6.45) is 3.73. The van der Waals surface area contributed by atoms with Crippen LogP contribution >= 0.6 is 34.8 Å². The molecule has 0 aromatic rings. The SMILES string of the molecule is C[C@H](OC(=O)[C@H]1CC=CC[C@H]1C(N)=O)C(Cl)=C(Cl)Cl. The van der Waals surface area contributed by atoms with Gasteiger partial charge in [-0.2, -0.15) is 0 Å². The van der Waals surface area contributed by atoms with E-state index in [1.165, 1.54) is 0 Å².